The van der Waals surface area contributed by atoms with E-state index in [-0.39, 0.29) is 11.7 Å². The average Bonchev–Trinajstić information content (AvgIpc) is 2.39. The molecule has 0 aromatic heterocycles. The minimum absolute atomic E-state index is 0.283. The molecular formula is C14H19ClFN3O. The molecule has 1 amide bonds. The van der Waals surface area contributed by atoms with E-state index in [0.717, 1.165) is 31.5 Å². The molecule has 0 radical (unpaired) electrons. The number of hydrogen-bond acceptors (Lipinski definition) is 3. The largest absolute Gasteiger partial charge is 0.369 e. The fourth-order valence-corrected chi connectivity index (χ4v) is 2.67. The first-order chi connectivity index (χ1) is 9.54. The highest BCUT2D eigenvalue weighted by Gasteiger charge is 2.19. The first-order valence-corrected chi connectivity index (χ1v) is 7.10. The number of carbonyl (C=O) groups excluding carboxylic acids is 1. The molecule has 0 atom stereocenters. The minimum atomic E-state index is -0.321. The molecule has 0 bridgehead atoms. The van der Waals surface area contributed by atoms with Gasteiger partial charge < -0.3 is 11.1 Å². The van der Waals surface area contributed by atoms with E-state index < -0.39 is 0 Å². The van der Waals surface area contributed by atoms with Gasteiger partial charge in [0.05, 0.1) is 6.54 Å². The predicted molar refractivity (Wildman–Crippen MR) is 76.9 cm³/mol. The summed E-state index contributed by atoms with van der Waals surface area (Å²) < 4.78 is 12.9. The number of nitrogens with two attached hydrogens (primary N) is 1. The first-order valence-electron chi connectivity index (χ1n) is 6.72. The highest BCUT2D eigenvalue weighted by atomic mass is 35.5. The Labute approximate surface area is 123 Å². The molecule has 4 nitrogen and oxygen atoms in total. The Morgan fingerprint density at radius 1 is 1.45 bits per heavy atom. The number of halogens is 2. The van der Waals surface area contributed by atoms with Crippen molar-refractivity contribution in [3.63, 3.8) is 0 Å². The van der Waals surface area contributed by atoms with E-state index in [9.17, 15) is 9.18 Å². The van der Waals surface area contributed by atoms with Gasteiger partial charge in [0.1, 0.15) is 5.82 Å². The van der Waals surface area contributed by atoms with Crippen molar-refractivity contribution in [2.75, 3.05) is 19.6 Å². The number of nitrogens with zero attached hydrogens (tertiary/aromatic N) is 1. The van der Waals surface area contributed by atoms with Crippen LogP contribution in [0.25, 0.3) is 0 Å². The maximum absolute atomic E-state index is 12.9. The van der Waals surface area contributed by atoms with Crippen molar-refractivity contribution in [3.05, 3.63) is 34.6 Å². The van der Waals surface area contributed by atoms with Crippen LogP contribution in [0.3, 0.4) is 0 Å². The monoisotopic (exact) mass is 299 g/mol. The van der Waals surface area contributed by atoms with Crippen molar-refractivity contribution in [1.29, 1.82) is 0 Å². The zero-order valence-electron chi connectivity index (χ0n) is 11.2. The van der Waals surface area contributed by atoms with Crippen LogP contribution in [0.15, 0.2) is 18.2 Å². The van der Waals surface area contributed by atoms with Crippen LogP contribution in [0.4, 0.5) is 4.39 Å². The lowest BCUT2D eigenvalue weighted by atomic mass is 10.0. The van der Waals surface area contributed by atoms with E-state index in [0.29, 0.717) is 24.2 Å². The molecular weight excluding hydrogens is 281 g/mol. The molecule has 0 aliphatic carbocycles. The van der Waals surface area contributed by atoms with Crippen LogP contribution in [0, 0.1) is 5.82 Å². The normalized spacial score (nSPS) is 17.3. The van der Waals surface area contributed by atoms with E-state index in [1.807, 2.05) is 0 Å². The highest BCUT2D eigenvalue weighted by Crippen LogP contribution is 2.18. The van der Waals surface area contributed by atoms with Gasteiger partial charge in [0.25, 0.3) is 0 Å². The van der Waals surface area contributed by atoms with Gasteiger partial charge in [0.15, 0.2) is 0 Å². The predicted octanol–water partition coefficient (Wildman–Crippen LogP) is 1.52. The number of piperidine rings is 1. The maximum Gasteiger partial charge on any atom is 0.231 e. The molecule has 0 spiro atoms. The Balaban J connectivity index is 1.77. The Bertz CT molecular complexity index is 475. The van der Waals surface area contributed by atoms with E-state index in [1.165, 1.54) is 12.1 Å². The molecule has 0 saturated carbocycles. The molecule has 1 heterocycles. The van der Waals surface area contributed by atoms with Crippen LogP contribution >= 0.6 is 11.6 Å². The summed E-state index contributed by atoms with van der Waals surface area (Å²) in [6.07, 6.45) is 1.93. The fourth-order valence-electron chi connectivity index (χ4n) is 2.43. The van der Waals surface area contributed by atoms with Gasteiger partial charge in [-0.2, -0.15) is 0 Å². The second kappa shape index (κ2) is 7.02. The lowest BCUT2D eigenvalue weighted by Crippen LogP contribution is -2.45. The summed E-state index contributed by atoms with van der Waals surface area (Å²) >= 11 is 5.99. The number of benzene rings is 1. The summed E-state index contributed by atoms with van der Waals surface area (Å²) in [4.78, 5) is 12.9. The van der Waals surface area contributed by atoms with Crippen molar-refractivity contribution < 1.29 is 9.18 Å². The van der Waals surface area contributed by atoms with Crippen LogP contribution in [0.5, 0.6) is 0 Å². The minimum Gasteiger partial charge on any atom is -0.369 e. The maximum atomic E-state index is 12.9. The molecule has 6 heteroatoms. The van der Waals surface area contributed by atoms with Crippen LogP contribution in [0.1, 0.15) is 18.4 Å². The molecule has 0 unspecified atom stereocenters. The Morgan fingerprint density at radius 3 is 2.75 bits per heavy atom. The SMILES string of the molecule is NC(=O)CN1CCC(NCc2ccc(F)cc2Cl)CC1. The number of primary amides is 1. The van der Waals surface area contributed by atoms with E-state index >= 15 is 0 Å². The van der Waals surface area contributed by atoms with Crippen molar-refractivity contribution >= 4 is 17.5 Å². The van der Waals surface area contributed by atoms with Crippen LogP contribution in [0.2, 0.25) is 5.02 Å². The highest BCUT2D eigenvalue weighted by molar-refractivity contribution is 6.31. The second-order valence-corrected chi connectivity index (χ2v) is 5.54. The lowest BCUT2D eigenvalue weighted by molar-refractivity contribution is -0.119. The molecule has 1 aliphatic rings. The van der Waals surface area contributed by atoms with Crippen LogP contribution in [-0.4, -0.2) is 36.5 Å². The molecule has 1 aromatic rings. The third-order valence-electron chi connectivity index (χ3n) is 3.56. The Kier molecular flexibility index (Phi) is 5.34. The third kappa shape index (κ3) is 4.44. The third-order valence-corrected chi connectivity index (χ3v) is 3.92. The quantitative estimate of drug-likeness (QED) is 0.867. The number of amides is 1. The summed E-state index contributed by atoms with van der Waals surface area (Å²) in [6, 6.07) is 4.83. The fraction of sp³-hybridized carbons (Fsp3) is 0.500. The molecule has 1 fully saturated rings. The van der Waals surface area contributed by atoms with Crippen molar-refractivity contribution in [1.82, 2.24) is 10.2 Å². The Morgan fingerprint density at radius 2 is 2.15 bits per heavy atom. The number of rotatable bonds is 5. The molecule has 110 valence electrons. The van der Waals surface area contributed by atoms with E-state index in [4.69, 9.17) is 17.3 Å². The van der Waals surface area contributed by atoms with E-state index in [1.54, 1.807) is 6.07 Å². The molecule has 1 saturated heterocycles. The van der Waals surface area contributed by atoms with Gasteiger partial charge in [-0.05, 0) is 30.5 Å². The molecule has 2 rings (SSSR count). The summed E-state index contributed by atoms with van der Waals surface area (Å²) in [5.41, 5.74) is 6.08. The van der Waals surface area contributed by atoms with Gasteiger partial charge in [0.2, 0.25) is 5.91 Å². The lowest BCUT2D eigenvalue weighted by Gasteiger charge is -2.31. The summed E-state index contributed by atoms with van der Waals surface area (Å²) in [5, 5.41) is 3.87. The van der Waals surface area contributed by atoms with Crippen molar-refractivity contribution in [2.45, 2.75) is 25.4 Å². The summed E-state index contributed by atoms with van der Waals surface area (Å²) in [6.45, 7) is 2.67. The number of likely N-dealkylation sites (tertiary alicyclic amines) is 1. The number of carbonyl (C=O) groups is 1. The van der Waals surface area contributed by atoms with Gasteiger partial charge in [-0.1, -0.05) is 17.7 Å². The summed E-state index contributed by atoms with van der Waals surface area (Å²) in [7, 11) is 0. The van der Waals surface area contributed by atoms with Crippen molar-refractivity contribution in [2.24, 2.45) is 5.73 Å². The standard InChI is InChI=1S/C14H19ClFN3O/c15-13-7-11(16)2-1-10(13)8-18-12-3-5-19(6-4-12)9-14(17)20/h1-2,7,12,18H,3-6,8-9H2,(H2,17,20). The average molecular weight is 300 g/mol. The van der Waals surface area contributed by atoms with Crippen LogP contribution in [-0.2, 0) is 11.3 Å². The molecule has 1 aromatic carbocycles. The van der Waals surface area contributed by atoms with Gasteiger partial charge >= 0.3 is 0 Å². The number of nitrogens with one attached hydrogen (secondary N) is 1. The molecule has 3 N–H and O–H groups in total. The van der Waals surface area contributed by atoms with Gasteiger partial charge in [-0.3, -0.25) is 9.69 Å². The van der Waals surface area contributed by atoms with E-state index in [2.05, 4.69) is 10.2 Å². The zero-order valence-corrected chi connectivity index (χ0v) is 12.0. The first kappa shape index (κ1) is 15.2. The topological polar surface area (TPSA) is 58.4 Å². The zero-order chi connectivity index (χ0) is 14.5. The number of hydrogen-bond donors (Lipinski definition) is 2. The second-order valence-electron chi connectivity index (χ2n) is 5.13. The smallest absolute Gasteiger partial charge is 0.231 e. The molecule has 20 heavy (non-hydrogen) atoms. The molecule has 1 aliphatic heterocycles. The van der Waals surface area contributed by atoms with Crippen molar-refractivity contribution in [3.8, 4) is 0 Å². The summed E-state index contributed by atoms with van der Waals surface area (Å²) in [5.74, 6) is -0.604. The van der Waals surface area contributed by atoms with Gasteiger partial charge in [-0.15, -0.1) is 0 Å². The van der Waals surface area contributed by atoms with Crippen LogP contribution < -0.4 is 11.1 Å². The van der Waals surface area contributed by atoms with Gasteiger partial charge in [-0.25, -0.2) is 4.39 Å². The van der Waals surface area contributed by atoms with Gasteiger partial charge in [0, 0.05) is 30.7 Å². The Hall–Kier alpha value is -1.17.